The van der Waals surface area contributed by atoms with Crippen LogP contribution < -0.4 is 5.43 Å². The molecule has 20 heavy (non-hydrogen) atoms. The van der Waals surface area contributed by atoms with Gasteiger partial charge in [-0.15, -0.1) is 0 Å². The second kappa shape index (κ2) is 5.10. The lowest BCUT2D eigenvalue weighted by molar-refractivity contribution is 0.0658. The fourth-order valence-electron chi connectivity index (χ4n) is 2.23. The van der Waals surface area contributed by atoms with Crippen LogP contribution in [0.4, 0.5) is 0 Å². The second-order valence-corrected chi connectivity index (χ2v) is 4.98. The molecule has 0 aromatic carbocycles. The van der Waals surface area contributed by atoms with E-state index in [1.54, 1.807) is 28.9 Å². The van der Waals surface area contributed by atoms with Gasteiger partial charge in [-0.1, -0.05) is 0 Å². The van der Waals surface area contributed by atoms with Crippen molar-refractivity contribution < 1.29 is 9.90 Å². The van der Waals surface area contributed by atoms with Crippen LogP contribution in [-0.4, -0.2) is 63.5 Å². The summed E-state index contributed by atoms with van der Waals surface area (Å²) in [5, 5.41) is 11.6. The van der Waals surface area contributed by atoms with Gasteiger partial charge in [-0.2, -0.15) is 0 Å². The highest BCUT2D eigenvalue weighted by molar-refractivity contribution is 5.92. The van der Waals surface area contributed by atoms with E-state index in [0.29, 0.717) is 11.3 Å². The van der Waals surface area contributed by atoms with Crippen molar-refractivity contribution in [2.24, 2.45) is 0 Å². The zero-order valence-corrected chi connectivity index (χ0v) is 11.3. The van der Waals surface area contributed by atoms with Crippen LogP contribution in [0, 0.1) is 0 Å². The van der Waals surface area contributed by atoms with E-state index < -0.39 is 0 Å². The van der Waals surface area contributed by atoms with E-state index >= 15 is 0 Å². The number of hydrogen-bond donors (Lipinski definition) is 2. The number of pyridine rings is 1. The Kier molecular flexibility index (Phi) is 3.29. The minimum absolute atomic E-state index is 0.0612. The zero-order valence-electron chi connectivity index (χ0n) is 11.3. The second-order valence-electron chi connectivity index (χ2n) is 4.98. The average Bonchev–Trinajstić information content (AvgIpc) is 2.87. The van der Waals surface area contributed by atoms with E-state index in [1.165, 1.54) is 0 Å². The molecule has 0 atom stereocenters. The van der Waals surface area contributed by atoms with Crippen LogP contribution in [0.5, 0.6) is 5.75 Å². The number of imidazole rings is 1. The maximum absolute atomic E-state index is 12.2. The number of aromatic nitrogens is 2. The number of rotatable bonds is 2. The number of hydrazine groups is 1. The van der Waals surface area contributed by atoms with E-state index in [9.17, 15) is 9.90 Å². The predicted octanol–water partition coefficient (Wildman–Crippen LogP) is -0.0679. The minimum atomic E-state index is -0.252. The van der Waals surface area contributed by atoms with Gasteiger partial charge in [-0.05, 0) is 19.2 Å². The van der Waals surface area contributed by atoms with Crippen LogP contribution in [-0.2, 0) is 0 Å². The van der Waals surface area contributed by atoms with Crippen LogP contribution in [0.15, 0.2) is 24.5 Å². The summed E-state index contributed by atoms with van der Waals surface area (Å²) >= 11 is 0. The van der Waals surface area contributed by atoms with Gasteiger partial charge in [0, 0.05) is 38.6 Å². The number of piperazine rings is 1. The molecule has 2 aromatic rings. The summed E-state index contributed by atoms with van der Waals surface area (Å²) in [6.07, 6.45) is 3.36. The molecular formula is C13H17N5O2. The Labute approximate surface area is 116 Å². The summed E-state index contributed by atoms with van der Waals surface area (Å²) in [6.45, 7) is 3.43. The lowest BCUT2D eigenvalue weighted by Crippen LogP contribution is -2.52. The molecule has 1 fully saturated rings. The molecule has 2 aromatic heterocycles. The van der Waals surface area contributed by atoms with Crippen LogP contribution in [0.2, 0.25) is 0 Å². The van der Waals surface area contributed by atoms with E-state index in [1.807, 2.05) is 5.01 Å². The van der Waals surface area contributed by atoms with E-state index in [0.717, 1.165) is 26.2 Å². The molecule has 0 bridgehead atoms. The van der Waals surface area contributed by atoms with Gasteiger partial charge in [0.1, 0.15) is 5.69 Å². The van der Waals surface area contributed by atoms with Gasteiger partial charge in [-0.3, -0.25) is 10.2 Å². The highest BCUT2D eigenvalue weighted by Gasteiger charge is 2.18. The lowest BCUT2D eigenvalue weighted by atomic mass is 10.4. The third-order valence-electron chi connectivity index (χ3n) is 3.46. The Bertz CT molecular complexity index is 631. The third kappa shape index (κ3) is 2.45. The third-order valence-corrected chi connectivity index (χ3v) is 3.46. The number of amides is 1. The first kappa shape index (κ1) is 12.9. The largest absolute Gasteiger partial charge is 0.504 e. The molecule has 3 heterocycles. The van der Waals surface area contributed by atoms with E-state index in [2.05, 4.69) is 22.4 Å². The van der Waals surface area contributed by atoms with Crippen molar-refractivity contribution >= 4 is 11.6 Å². The summed E-state index contributed by atoms with van der Waals surface area (Å²) in [6, 6.07) is 3.25. The Morgan fingerprint density at radius 1 is 1.35 bits per heavy atom. The van der Waals surface area contributed by atoms with Gasteiger partial charge in [0.05, 0.1) is 0 Å². The number of nitrogens with one attached hydrogen (secondary N) is 1. The van der Waals surface area contributed by atoms with Gasteiger partial charge in [0.25, 0.3) is 5.91 Å². The summed E-state index contributed by atoms with van der Waals surface area (Å²) in [5.41, 5.74) is 3.53. The molecule has 1 aliphatic heterocycles. The summed E-state index contributed by atoms with van der Waals surface area (Å²) in [7, 11) is 2.06. The van der Waals surface area contributed by atoms with E-state index in [4.69, 9.17) is 0 Å². The number of fused-ring (bicyclic) bond motifs is 1. The average molecular weight is 275 g/mol. The molecule has 1 amide bonds. The molecule has 0 spiro atoms. The number of likely N-dealkylation sites (N-methyl/N-ethyl adjacent to an activating group) is 1. The SMILES string of the molecule is CN1CCN(NC(=O)c2cn3cccc(O)c3n2)CC1. The number of carbonyl (C=O) groups is 1. The number of hydrogen-bond acceptors (Lipinski definition) is 5. The zero-order chi connectivity index (χ0) is 14.1. The van der Waals surface area contributed by atoms with Crippen LogP contribution in [0.3, 0.4) is 0 Å². The normalized spacial score (nSPS) is 17.4. The first-order valence-corrected chi connectivity index (χ1v) is 6.54. The molecule has 0 radical (unpaired) electrons. The molecule has 0 saturated carbocycles. The van der Waals surface area contributed by atoms with Crippen molar-refractivity contribution in [1.29, 1.82) is 0 Å². The molecule has 3 rings (SSSR count). The minimum Gasteiger partial charge on any atom is -0.504 e. The molecule has 106 valence electrons. The molecule has 0 aliphatic carbocycles. The quantitative estimate of drug-likeness (QED) is 0.803. The Morgan fingerprint density at radius 2 is 2.10 bits per heavy atom. The standard InChI is InChI=1S/C13H17N5O2/c1-16-5-7-18(8-6-16)15-13(20)10-9-17-4-2-3-11(19)12(17)14-10/h2-4,9,19H,5-8H2,1H3,(H,15,20). The van der Waals surface area contributed by atoms with Gasteiger partial charge < -0.3 is 14.4 Å². The van der Waals surface area contributed by atoms with Crippen molar-refractivity contribution in [2.75, 3.05) is 33.2 Å². The highest BCUT2D eigenvalue weighted by atomic mass is 16.3. The summed E-state index contributed by atoms with van der Waals surface area (Å²) in [5.74, 6) is -0.191. The van der Waals surface area contributed by atoms with Crippen molar-refractivity contribution in [2.45, 2.75) is 0 Å². The van der Waals surface area contributed by atoms with Crippen molar-refractivity contribution in [3.05, 3.63) is 30.2 Å². The van der Waals surface area contributed by atoms with Crippen LogP contribution >= 0.6 is 0 Å². The van der Waals surface area contributed by atoms with Gasteiger partial charge >= 0.3 is 0 Å². The van der Waals surface area contributed by atoms with Gasteiger partial charge in [0.2, 0.25) is 0 Å². The molecule has 1 aliphatic rings. The summed E-state index contributed by atoms with van der Waals surface area (Å²) in [4.78, 5) is 18.5. The predicted molar refractivity (Wildman–Crippen MR) is 73.4 cm³/mol. The maximum atomic E-state index is 12.2. The number of aromatic hydroxyl groups is 1. The smallest absolute Gasteiger partial charge is 0.285 e. The van der Waals surface area contributed by atoms with Crippen LogP contribution in [0.1, 0.15) is 10.5 Å². The Balaban J connectivity index is 1.74. The van der Waals surface area contributed by atoms with Crippen molar-refractivity contribution in [3.8, 4) is 5.75 Å². The van der Waals surface area contributed by atoms with Crippen molar-refractivity contribution in [1.82, 2.24) is 24.7 Å². The molecule has 0 unspecified atom stereocenters. The summed E-state index contributed by atoms with van der Waals surface area (Å²) < 4.78 is 1.63. The Hall–Kier alpha value is -2.12. The van der Waals surface area contributed by atoms with Gasteiger partial charge in [-0.25, -0.2) is 9.99 Å². The fraction of sp³-hybridized carbons (Fsp3) is 0.385. The molecule has 7 nitrogen and oxygen atoms in total. The first-order chi connectivity index (χ1) is 9.63. The Morgan fingerprint density at radius 3 is 2.80 bits per heavy atom. The van der Waals surface area contributed by atoms with Crippen molar-refractivity contribution in [3.63, 3.8) is 0 Å². The molecule has 1 saturated heterocycles. The first-order valence-electron chi connectivity index (χ1n) is 6.54. The fourth-order valence-corrected chi connectivity index (χ4v) is 2.23. The van der Waals surface area contributed by atoms with Crippen LogP contribution in [0.25, 0.3) is 5.65 Å². The van der Waals surface area contributed by atoms with E-state index in [-0.39, 0.29) is 11.7 Å². The van der Waals surface area contributed by atoms with Gasteiger partial charge in [0.15, 0.2) is 11.4 Å². The highest BCUT2D eigenvalue weighted by Crippen LogP contribution is 2.16. The lowest BCUT2D eigenvalue weighted by Gasteiger charge is -2.32. The molecule has 2 N–H and O–H groups in total. The maximum Gasteiger partial charge on any atom is 0.285 e. The number of nitrogens with zero attached hydrogens (tertiary/aromatic N) is 4. The molecular weight excluding hydrogens is 258 g/mol. The number of carbonyl (C=O) groups excluding carboxylic acids is 1. The topological polar surface area (TPSA) is 73.1 Å². The molecule has 7 heteroatoms. The monoisotopic (exact) mass is 275 g/mol.